The van der Waals surface area contributed by atoms with Crippen molar-refractivity contribution in [2.24, 2.45) is 0 Å². The van der Waals surface area contributed by atoms with Crippen LogP contribution in [-0.4, -0.2) is 58.5 Å². The molecule has 0 spiro atoms. The van der Waals surface area contributed by atoms with Crippen molar-refractivity contribution in [2.45, 2.75) is 26.4 Å². The number of benzene rings is 2. The summed E-state index contributed by atoms with van der Waals surface area (Å²) in [5.41, 5.74) is 2.96. The number of para-hydroxylation sites is 1. The van der Waals surface area contributed by atoms with Crippen LogP contribution in [0.4, 0.5) is 16.0 Å². The van der Waals surface area contributed by atoms with Crippen molar-refractivity contribution in [3.05, 3.63) is 64.7 Å². The van der Waals surface area contributed by atoms with Gasteiger partial charge in [-0.25, -0.2) is 9.07 Å². The zero-order valence-electron chi connectivity index (χ0n) is 18.5. The largest absolute Gasteiger partial charge is 0.367 e. The molecule has 0 atom stereocenters. The summed E-state index contributed by atoms with van der Waals surface area (Å²) in [6.45, 7) is 8.01. The van der Waals surface area contributed by atoms with Gasteiger partial charge in [-0.1, -0.05) is 29.8 Å². The van der Waals surface area contributed by atoms with Crippen LogP contribution in [0.25, 0.3) is 5.69 Å². The lowest BCUT2D eigenvalue weighted by molar-refractivity contribution is 0.194. The van der Waals surface area contributed by atoms with Crippen molar-refractivity contribution in [1.29, 1.82) is 0 Å². The van der Waals surface area contributed by atoms with Crippen molar-refractivity contribution in [3.63, 3.8) is 0 Å². The summed E-state index contributed by atoms with van der Waals surface area (Å²) in [7, 11) is 0. The van der Waals surface area contributed by atoms with E-state index in [1.807, 2.05) is 16.8 Å². The maximum atomic E-state index is 14.2. The van der Waals surface area contributed by atoms with Gasteiger partial charge in [0.05, 0.1) is 18.0 Å². The van der Waals surface area contributed by atoms with Gasteiger partial charge in [-0.2, -0.15) is 0 Å². The standard InChI is InChI=1S/C24H29FN6S/c1-19-8-10-20(11-9-19)31-23(29-12-4-5-13-29)26-30(24(31)32)18-27-14-16-28(17-15-27)22-7-3-2-6-21(22)25/h2-3,6-11H,4-5,12-18H2,1H3. The Morgan fingerprint density at radius 2 is 1.56 bits per heavy atom. The molecule has 5 rings (SSSR count). The van der Waals surface area contributed by atoms with Gasteiger partial charge < -0.3 is 9.80 Å². The summed E-state index contributed by atoms with van der Waals surface area (Å²) in [4.78, 5) is 6.79. The SMILES string of the molecule is Cc1ccc(-n2c(N3CCCC3)nn(CN3CCN(c4ccccc4F)CC3)c2=S)cc1. The second-order valence-electron chi connectivity index (χ2n) is 8.65. The Morgan fingerprint density at radius 1 is 0.875 bits per heavy atom. The van der Waals surface area contributed by atoms with Gasteiger partial charge >= 0.3 is 0 Å². The van der Waals surface area contributed by atoms with Crippen LogP contribution in [0.15, 0.2) is 48.5 Å². The number of anilines is 2. The van der Waals surface area contributed by atoms with Crippen LogP contribution < -0.4 is 9.80 Å². The summed E-state index contributed by atoms with van der Waals surface area (Å²) in [5.74, 6) is 0.775. The number of aromatic nitrogens is 3. The number of piperazine rings is 1. The van der Waals surface area contributed by atoms with Crippen LogP contribution in [0, 0.1) is 17.5 Å². The van der Waals surface area contributed by atoms with Crippen molar-refractivity contribution >= 4 is 23.9 Å². The normalized spacial score (nSPS) is 17.3. The van der Waals surface area contributed by atoms with Crippen LogP contribution in [0.5, 0.6) is 0 Å². The fourth-order valence-electron chi connectivity index (χ4n) is 4.56. The van der Waals surface area contributed by atoms with Crippen LogP contribution in [0.2, 0.25) is 0 Å². The van der Waals surface area contributed by atoms with Crippen molar-refractivity contribution in [1.82, 2.24) is 19.2 Å². The highest BCUT2D eigenvalue weighted by Gasteiger charge is 2.24. The molecule has 3 aromatic rings. The van der Waals surface area contributed by atoms with E-state index in [0.29, 0.717) is 17.1 Å². The molecule has 0 radical (unpaired) electrons. The Bertz CT molecular complexity index is 1120. The minimum Gasteiger partial charge on any atom is -0.367 e. The van der Waals surface area contributed by atoms with E-state index in [-0.39, 0.29) is 5.82 Å². The highest BCUT2D eigenvalue weighted by molar-refractivity contribution is 7.71. The smallest absolute Gasteiger partial charge is 0.230 e. The molecule has 168 valence electrons. The van der Waals surface area contributed by atoms with Crippen molar-refractivity contribution < 1.29 is 4.39 Å². The Labute approximate surface area is 193 Å². The molecule has 2 fully saturated rings. The third-order valence-corrected chi connectivity index (χ3v) is 6.80. The first-order valence-corrected chi connectivity index (χ1v) is 11.7. The maximum absolute atomic E-state index is 14.2. The van der Waals surface area contributed by atoms with E-state index in [1.165, 1.54) is 24.5 Å². The highest BCUT2D eigenvalue weighted by atomic mass is 32.1. The van der Waals surface area contributed by atoms with Gasteiger partial charge in [0.25, 0.3) is 0 Å². The first kappa shape index (κ1) is 21.2. The summed E-state index contributed by atoms with van der Waals surface area (Å²) < 4.78 is 18.9. The number of nitrogens with zero attached hydrogens (tertiary/aromatic N) is 6. The topological polar surface area (TPSA) is 32.5 Å². The van der Waals surface area contributed by atoms with Gasteiger partial charge in [-0.3, -0.25) is 9.47 Å². The first-order chi connectivity index (χ1) is 15.6. The predicted molar refractivity (Wildman–Crippen MR) is 129 cm³/mol. The second kappa shape index (κ2) is 9.03. The quantitative estimate of drug-likeness (QED) is 0.541. The van der Waals surface area contributed by atoms with E-state index in [1.54, 1.807) is 6.07 Å². The summed E-state index contributed by atoms with van der Waals surface area (Å²) in [6, 6.07) is 15.5. The molecule has 8 heteroatoms. The molecule has 0 unspecified atom stereocenters. The number of halogens is 1. The number of hydrogen-bond acceptors (Lipinski definition) is 5. The minimum atomic E-state index is -0.157. The molecule has 1 aromatic heterocycles. The molecule has 0 saturated carbocycles. The van der Waals surface area contributed by atoms with E-state index < -0.39 is 0 Å². The van der Waals surface area contributed by atoms with E-state index >= 15 is 0 Å². The number of rotatable bonds is 5. The van der Waals surface area contributed by atoms with E-state index in [9.17, 15) is 4.39 Å². The summed E-state index contributed by atoms with van der Waals surface area (Å²) >= 11 is 5.90. The number of hydrogen-bond donors (Lipinski definition) is 0. The Morgan fingerprint density at radius 3 is 2.25 bits per heavy atom. The molecule has 2 saturated heterocycles. The van der Waals surface area contributed by atoms with Crippen LogP contribution >= 0.6 is 12.2 Å². The fraction of sp³-hybridized carbons (Fsp3) is 0.417. The molecule has 0 bridgehead atoms. The van der Waals surface area contributed by atoms with Crippen LogP contribution in [-0.2, 0) is 6.67 Å². The van der Waals surface area contributed by atoms with E-state index in [4.69, 9.17) is 17.3 Å². The lowest BCUT2D eigenvalue weighted by atomic mass is 10.2. The van der Waals surface area contributed by atoms with Gasteiger partial charge in [0.1, 0.15) is 5.82 Å². The maximum Gasteiger partial charge on any atom is 0.230 e. The summed E-state index contributed by atoms with van der Waals surface area (Å²) in [6.07, 6.45) is 2.37. The zero-order chi connectivity index (χ0) is 22.1. The fourth-order valence-corrected chi connectivity index (χ4v) is 4.84. The van der Waals surface area contributed by atoms with Crippen molar-refractivity contribution in [3.8, 4) is 5.69 Å². The third kappa shape index (κ3) is 4.17. The summed E-state index contributed by atoms with van der Waals surface area (Å²) in [5, 5.41) is 4.96. The van der Waals surface area contributed by atoms with Gasteiger partial charge in [-0.05, 0) is 56.2 Å². The van der Waals surface area contributed by atoms with E-state index in [2.05, 4.69) is 50.5 Å². The average Bonchev–Trinajstić information content (AvgIpc) is 3.44. The Hall–Kier alpha value is -2.71. The monoisotopic (exact) mass is 452 g/mol. The number of aryl methyl sites for hydroxylation is 1. The average molecular weight is 453 g/mol. The van der Waals surface area contributed by atoms with Gasteiger partial charge in [0, 0.05) is 39.3 Å². The molecule has 32 heavy (non-hydrogen) atoms. The predicted octanol–water partition coefficient (Wildman–Crippen LogP) is 4.23. The first-order valence-electron chi connectivity index (χ1n) is 11.3. The highest BCUT2D eigenvalue weighted by Crippen LogP contribution is 2.25. The van der Waals surface area contributed by atoms with Crippen LogP contribution in [0.3, 0.4) is 0 Å². The molecule has 3 heterocycles. The molecule has 2 aliphatic heterocycles. The van der Waals surface area contributed by atoms with Crippen LogP contribution in [0.1, 0.15) is 18.4 Å². The molecule has 0 aliphatic carbocycles. The van der Waals surface area contributed by atoms with Gasteiger partial charge in [-0.15, -0.1) is 5.10 Å². The molecule has 0 N–H and O–H groups in total. The van der Waals surface area contributed by atoms with Crippen molar-refractivity contribution in [2.75, 3.05) is 49.1 Å². The Balaban J connectivity index is 1.36. The lowest BCUT2D eigenvalue weighted by Crippen LogP contribution is -2.47. The molecule has 2 aliphatic rings. The van der Waals surface area contributed by atoms with E-state index in [0.717, 1.165) is 50.9 Å². The zero-order valence-corrected chi connectivity index (χ0v) is 19.3. The minimum absolute atomic E-state index is 0.157. The third-order valence-electron chi connectivity index (χ3n) is 6.40. The van der Waals surface area contributed by atoms with Gasteiger partial charge in [0.2, 0.25) is 10.7 Å². The van der Waals surface area contributed by atoms with Gasteiger partial charge in [0.15, 0.2) is 0 Å². The Kier molecular flexibility index (Phi) is 5.97. The second-order valence-corrected chi connectivity index (χ2v) is 9.01. The lowest BCUT2D eigenvalue weighted by Gasteiger charge is -2.35. The molecule has 6 nitrogen and oxygen atoms in total. The molecular weight excluding hydrogens is 423 g/mol. The molecule has 0 amide bonds. The molecular formula is C24H29FN6S. The molecule has 2 aromatic carbocycles.